The van der Waals surface area contributed by atoms with Crippen LogP contribution < -0.4 is 4.74 Å². The monoisotopic (exact) mass is 350 g/mol. The minimum absolute atomic E-state index is 0.243. The van der Waals surface area contributed by atoms with Gasteiger partial charge in [0.15, 0.2) is 0 Å². The normalized spacial score (nSPS) is 11.0. The van der Waals surface area contributed by atoms with E-state index in [1.165, 1.54) is 24.3 Å². The average Bonchev–Trinajstić information content (AvgIpc) is 2.63. The van der Waals surface area contributed by atoms with Gasteiger partial charge in [-0.05, 0) is 43.5 Å². The Bertz CT molecular complexity index is 546. The second-order valence-electron chi connectivity index (χ2n) is 5.54. The van der Waals surface area contributed by atoms with Crippen LogP contribution in [0.5, 0.6) is 5.75 Å². The lowest BCUT2D eigenvalue weighted by Crippen LogP contribution is -2.25. The molecule has 2 N–H and O–H groups in total. The standard InChI is InChI=1S/C19H26O6/c1-2-3-4-5-6-7-8-18(22)24-16-11-9-15(10-12-16)19(23)25-17(13-20)14-21/h4-5,9-12,17,20-21H,2-3,6-8,13-14H2,1H3. The van der Waals surface area contributed by atoms with Crippen LogP contribution >= 0.6 is 0 Å². The third-order valence-electron chi connectivity index (χ3n) is 3.38. The van der Waals surface area contributed by atoms with Crippen molar-refractivity contribution in [2.45, 2.75) is 45.1 Å². The van der Waals surface area contributed by atoms with Crippen molar-refractivity contribution in [3.8, 4) is 5.75 Å². The summed E-state index contributed by atoms with van der Waals surface area (Å²) < 4.78 is 10.1. The average molecular weight is 350 g/mol. The first-order valence-electron chi connectivity index (χ1n) is 8.49. The number of carbonyl (C=O) groups excluding carboxylic acids is 2. The highest BCUT2D eigenvalue weighted by molar-refractivity contribution is 5.89. The number of carbonyl (C=O) groups is 2. The fraction of sp³-hybridized carbons (Fsp3) is 0.474. The number of aliphatic hydroxyl groups is 2. The number of unbranched alkanes of at least 4 members (excludes halogenated alkanes) is 2. The van der Waals surface area contributed by atoms with Gasteiger partial charge in [0.1, 0.15) is 11.9 Å². The summed E-state index contributed by atoms with van der Waals surface area (Å²) in [6.45, 7) is 1.21. The van der Waals surface area contributed by atoms with Crippen molar-refractivity contribution in [1.82, 2.24) is 0 Å². The Labute approximate surface area is 148 Å². The molecule has 0 aliphatic heterocycles. The predicted octanol–water partition coefficient (Wildman–Crippen LogP) is 2.63. The number of aliphatic hydroxyl groups excluding tert-OH is 2. The third kappa shape index (κ3) is 8.47. The molecule has 6 nitrogen and oxygen atoms in total. The number of ether oxygens (including phenoxy) is 2. The first-order valence-corrected chi connectivity index (χ1v) is 8.49. The Balaban J connectivity index is 2.40. The summed E-state index contributed by atoms with van der Waals surface area (Å²) in [5, 5.41) is 17.8. The lowest BCUT2D eigenvalue weighted by Gasteiger charge is -2.12. The number of rotatable bonds is 11. The zero-order valence-corrected chi connectivity index (χ0v) is 14.5. The van der Waals surface area contributed by atoms with Crippen molar-refractivity contribution < 1.29 is 29.3 Å². The van der Waals surface area contributed by atoms with Gasteiger partial charge in [-0.1, -0.05) is 25.5 Å². The molecule has 1 rings (SSSR count). The van der Waals surface area contributed by atoms with E-state index in [4.69, 9.17) is 19.7 Å². The Hall–Kier alpha value is -2.18. The molecular weight excluding hydrogens is 324 g/mol. The summed E-state index contributed by atoms with van der Waals surface area (Å²) in [6, 6.07) is 5.93. The van der Waals surface area contributed by atoms with E-state index in [1.807, 2.05) is 0 Å². The fourth-order valence-electron chi connectivity index (χ4n) is 1.96. The summed E-state index contributed by atoms with van der Waals surface area (Å²) in [5.41, 5.74) is 0.243. The van der Waals surface area contributed by atoms with Gasteiger partial charge >= 0.3 is 11.9 Å². The molecule has 0 atom stereocenters. The summed E-state index contributed by atoms with van der Waals surface area (Å²) in [7, 11) is 0. The molecule has 0 saturated carbocycles. The van der Waals surface area contributed by atoms with Crippen molar-refractivity contribution in [1.29, 1.82) is 0 Å². The van der Waals surface area contributed by atoms with Gasteiger partial charge in [-0.3, -0.25) is 4.79 Å². The van der Waals surface area contributed by atoms with Gasteiger partial charge in [0.25, 0.3) is 0 Å². The number of hydrogen-bond acceptors (Lipinski definition) is 6. The van der Waals surface area contributed by atoms with E-state index >= 15 is 0 Å². The van der Waals surface area contributed by atoms with Gasteiger partial charge in [0.05, 0.1) is 18.8 Å². The highest BCUT2D eigenvalue weighted by Gasteiger charge is 2.14. The van der Waals surface area contributed by atoms with E-state index in [1.54, 1.807) is 0 Å². The number of benzene rings is 1. The van der Waals surface area contributed by atoms with Gasteiger partial charge in [0, 0.05) is 6.42 Å². The van der Waals surface area contributed by atoms with Crippen LogP contribution in [-0.2, 0) is 9.53 Å². The van der Waals surface area contributed by atoms with Gasteiger partial charge in [-0.15, -0.1) is 0 Å². The highest BCUT2D eigenvalue weighted by Crippen LogP contribution is 2.15. The van der Waals surface area contributed by atoms with Crippen molar-refractivity contribution in [3.05, 3.63) is 42.0 Å². The van der Waals surface area contributed by atoms with E-state index in [2.05, 4.69) is 19.1 Å². The molecule has 25 heavy (non-hydrogen) atoms. The zero-order chi connectivity index (χ0) is 18.5. The van der Waals surface area contributed by atoms with Crippen molar-refractivity contribution in [2.75, 3.05) is 13.2 Å². The second-order valence-corrected chi connectivity index (χ2v) is 5.54. The Morgan fingerprint density at radius 2 is 1.72 bits per heavy atom. The molecule has 0 amide bonds. The van der Waals surface area contributed by atoms with Crippen molar-refractivity contribution >= 4 is 11.9 Å². The van der Waals surface area contributed by atoms with E-state index in [9.17, 15) is 9.59 Å². The molecule has 0 bridgehead atoms. The molecule has 6 heteroatoms. The summed E-state index contributed by atoms with van der Waals surface area (Å²) >= 11 is 0. The van der Waals surface area contributed by atoms with Gasteiger partial charge in [-0.2, -0.15) is 0 Å². The molecule has 0 aliphatic rings. The molecule has 0 aliphatic carbocycles. The molecule has 1 aromatic rings. The van der Waals surface area contributed by atoms with Crippen molar-refractivity contribution in [3.63, 3.8) is 0 Å². The number of esters is 2. The van der Waals surface area contributed by atoms with Crippen LogP contribution in [0.4, 0.5) is 0 Å². The molecule has 0 fully saturated rings. The van der Waals surface area contributed by atoms with E-state index < -0.39 is 25.3 Å². The van der Waals surface area contributed by atoms with E-state index in [-0.39, 0.29) is 11.5 Å². The Morgan fingerprint density at radius 1 is 1.08 bits per heavy atom. The maximum atomic E-state index is 11.8. The van der Waals surface area contributed by atoms with Crippen LogP contribution in [0, 0.1) is 0 Å². The van der Waals surface area contributed by atoms with E-state index in [0.717, 1.165) is 25.7 Å². The highest BCUT2D eigenvalue weighted by atomic mass is 16.6. The molecular formula is C19H26O6. The van der Waals surface area contributed by atoms with Crippen LogP contribution in [0.15, 0.2) is 36.4 Å². The molecule has 0 aromatic heterocycles. The summed E-state index contributed by atoms with van der Waals surface area (Å²) in [5.74, 6) is -0.631. The molecule has 0 spiro atoms. The molecule has 138 valence electrons. The molecule has 0 saturated heterocycles. The minimum Gasteiger partial charge on any atom is -0.454 e. The van der Waals surface area contributed by atoms with Gasteiger partial charge in [0.2, 0.25) is 0 Å². The van der Waals surface area contributed by atoms with Crippen molar-refractivity contribution in [2.24, 2.45) is 0 Å². The number of hydrogen-bond donors (Lipinski definition) is 2. The SMILES string of the molecule is CCCC=CCCCC(=O)Oc1ccc(C(=O)OC(CO)CO)cc1. The molecule has 0 heterocycles. The summed E-state index contributed by atoms with van der Waals surface area (Å²) in [4.78, 5) is 23.5. The van der Waals surface area contributed by atoms with Gasteiger partial charge in [-0.25, -0.2) is 4.79 Å². The van der Waals surface area contributed by atoms with Crippen LogP contribution in [-0.4, -0.2) is 41.5 Å². The maximum Gasteiger partial charge on any atom is 0.338 e. The van der Waals surface area contributed by atoms with Crippen LogP contribution in [0.1, 0.15) is 49.4 Å². The van der Waals surface area contributed by atoms with Gasteiger partial charge < -0.3 is 19.7 Å². The topological polar surface area (TPSA) is 93.1 Å². The predicted molar refractivity (Wildman–Crippen MR) is 93.4 cm³/mol. The summed E-state index contributed by atoms with van der Waals surface area (Å²) in [6.07, 6.45) is 7.30. The minimum atomic E-state index is -0.948. The third-order valence-corrected chi connectivity index (χ3v) is 3.38. The molecule has 0 radical (unpaired) electrons. The second kappa shape index (κ2) is 12.2. The Morgan fingerprint density at radius 3 is 2.32 bits per heavy atom. The zero-order valence-electron chi connectivity index (χ0n) is 14.5. The fourth-order valence-corrected chi connectivity index (χ4v) is 1.96. The number of allylic oxidation sites excluding steroid dienone is 2. The molecule has 0 unspecified atom stereocenters. The lowest BCUT2D eigenvalue weighted by atomic mass is 10.2. The van der Waals surface area contributed by atoms with Crippen LogP contribution in [0.25, 0.3) is 0 Å². The van der Waals surface area contributed by atoms with E-state index in [0.29, 0.717) is 12.2 Å². The quantitative estimate of drug-likeness (QED) is 0.276. The molecule has 1 aromatic carbocycles. The first-order chi connectivity index (χ1) is 12.1. The maximum absolute atomic E-state index is 11.8. The van der Waals surface area contributed by atoms with Crippen LogP contribution in [0.2, 0.25) is 0 Å². The Kier molecular flexibility index (Phi) is 10.2. The first kappa shape index (κ1) is 20.9. The smallest absolute Gasteiger partial charge is 0.338 e. The largest absolute Gasteiger partial charge is 0.454 e. The lowest BCUT2D eigenvalue weighted by molar-refractivity contribution is -0.134. The van der Waals surface area contributed by atoms with Crippen LogP contribution in [0.3, 0.4) is 0 Å².